The van der Waals surface area contributed by atoms with Gasteiger partial charge < -0.3 is 15.7 Å². The van der Waals surface area contributed by atoms with Gasteiger partial charge in [-0.15, -0.1) is 0 Å². The third kappa shape index (κ3) is 4.67. The fraction of sp³-hybridized carbons (Fsp3) is 0.846. The van der Waals surface area contributed by atoms with Crippen molar-refractivity contribution in [2.75, 3.05) is 24.6 Å². The van der Waals surface area contributed by atoms with E-state index in [2.05, 4.69) is 10.6 Å². The second kappa shape index (κ2) is 6.31. The minimum Gasteiger partial charge on any atom is -0.481 e. The zero-order valence-corrected chi connectivity index (χ0v) is 12.7. The summed E-state index contributed by atoms with van der Waals surface area (Å²) in [6, 6.07) is -0.347. The van der Waals surface area contributed by atoms with Crippen molar-refractivity contribution in [3.05, 3.63) is 0 Å². The van der Waals surface area contributed by atoms with E-state index in [9.17, 15) is 18.0 Å². The molecule has 8 heteroatoms. The van der Waals surface area contributed by atoms with Crippen molar-refractivity contribution in [3.8, 4) is 0 Å². The number of nitrogens with one attached hydrogen (secondary N) is 2. The van der Waals surface area contributed by atoms with Crippen LogP contribution >= 0.6 is 0 Å². The maximum absolute atomic E-state index is 11.9. The van der Waals surface area contributed by atoms with Crippen LogP contribution in [-0.4, -0.2) is 56.0 Å². The van der Waals surface area contributed by atoms with Crippen LogP contribution < -0.4 is 10.6 Å². The van der Waals surface area contributed by atoms with Gasteiger partial charge >= 0.3 is 5.97 Å². The van der Waals surface area contributed by atoms with Crippen molar-refractivity contribution in [2.45, 2.75) is 38.1 Å². The average Bonchev–Trinajstić information content (AvgIpc) is 2.30. The molecule has 0 spiro atoms. The molecule has 0 radical (unpaired) electrons. The molecule has 2 aliphatic rings. The van der Waals surface area contributed by atoms with Crippen molar-refractivity contribution in [3.63, 3.8) is 0 Å². The molecule has 120 valence electrons. The normalized spacial score (nSPS) is 26.6. The minimum atomic E-state index is -3.05. The van der Waals surface area contributed by atoms with Gasteiger partial charge in [-0.3, -0.25) is 9.59 Å². The first-order chi connectivity index (χ1) is 9.80. The van der Waals surface area contributed by atoms with Gasteiger partial charge in [0.25, 0.3) is 0 Å². The molecule has 1 atom stereocenters. The number of amides is 1. The highest BCUT2D eigenvalue weighted by atomic mass is 32.2. The van der Waals surface area contributed by atoms with Crippen LogP contribution in [0.1, 0.15) is 32.1 Å². The van der Waals surface area contributed by atoms with E-state index in [1.807, 2.05) is 0 Å². The quantitative estimate of drug-likeness (QED) is 0.610. The number of sulfone groups is 1. The minimum absolute atomic E-state index is 0.0132. The van der Waals surface area contributed by atoms with Crippen LogP contribution in [0.5, 0.6) is 0 Å². The standard InChI is InChI=1S/C13H22N2O5S/c16-11(6-10-8-21(19,20)5-4-14-10)15-9-13(2-1-3-13)7-12(17)18/h10,14H,1-9H2,(H,15,16)(H,17,18). The molecule has 21 heavy (non-hydrogen) atoms. The van der Waals surface area contributed by atoms with Gasteiger partial charge in [-0.2, -0.15) is 0 Å². The summed E-state index contributed by atoms with van der Waals surface area (Å²) in [7, 11) is -3.05. The Morgan fingerprint density at radius 2 is 2.05 bits per heavy atom. The van der Waals surface area contributed by atoms with Gasteiger partial charge in [0, 0.05) is 25.6 Å². The predicted octanol–water partition coefficient (Wildman–Crippen LogP) is -0.476. The molecule has 1 heterocycles. The maximum Gasteiger partial charge on any atom is 0.303 e. The number of hydrogen-bond donors (Lipinski definition) is 3. The van der Waals surface area contributed by atoms with Crippen molar-refractivity contribution in [1.82, 2.24) is 10.6 Å². The van der Waals surface area contributed by atoms with Crippen LogP contribution in [0.2, 0.25) is 0 Å². The third-order valence-electron chi connectivity index (χ3n) is 4.33. The molecular formula is C13H22N2O5S. The van der Waals surface area contributed by atoms with E-state index in [0.29, 0.717) is 13.1 Å². The SMILES string of the molecule is O=C(O)CC1(CNC(=O)CC2CS(=O)(=O)CCN2)CCC1. The molecule has 1 aliphatic carbocycles. The van der Waals surface area contributed by atoms with Crippen molar-refractivity contribution < 1.29 is 23.1 Å². The summed E-state index contributed by atoms with van der Waals surface area (Å²) in [6.07, 6.45) is 2.81. The van der Waals surface area contributed by atoms with Gasteiger partial charge in [0.05, 0.1) is 17.9 Å². The summed E-state index contributed by atoms with van der Waals surface area (Å²) < 4.78 is 23.0. The van der Waals surface area contributed by atoms with E-state index in [-0.39, 0.29) is 41.7 Å². The Morgan fingerprint density at radius 1 is 1.33 bits per heavy atom. The largest absolute Gasteiger partial charge is 0.481 e. The Hall–Kier alpha value is -1.15. The Balaban J connectivity index is 1.78. The van der Waals surface area contributed by atoms with Crippen LogP contribution in [0.4, 0.5) is 0 Å². The van der Waals surface area contributed by atoms with E-state index >= 15 is 0 Å². The van der Waals surface area contributed by atoms with Crippen molar-refractivity contribution in [2.24, 2.45) is 5.41 Å². The van der Waals surface area contributed by atoms with E-state index < -0.39 is 15.8 Å². The predicted molar refractivity (Wildman–Crippen MR) is 76.6 cm³/mol. The summed E-state index contributed by atoms with van der Waals surface area (Å²) in [4.78, 5) is 22.8. The molecule has 0 aromatic heterocycles. The highest BCUT2D eigenvalue weighted by Gasteiger charge is 2.39. The number of carbonyl (C=O) groups excluding carboxylic acids is 1. The van der Waals surface area contributed by atoms with E-state index in [1.165, 1.54) is 0 Å². The van der Waals surface area contributed by atoms with Gasteiger partial charge in [0.15, 0.2) is 9.84 Å². The molecule has 1 saturated heterocycles. The van der Waals surface area contributed by atoms with E-state index in [4.69, 9.17) is 5.11 Å². The fourth-order valence-electron chi connectivity index (χ4n) is 2.99. The van der Waals surface area contributed by atoms with Crippen LogP contribution in [0.3, 0.4) is 0 Å². The van der Waals surface area contributed by atoms with Crippen molar-refractivity contribution >= 4 is 21.7 Å². The summed E-state index contributed by atoms with van der Waals surface area (Å²) >= 11 is 0. The summed E-state index contributed by atoms with van der Waals surface area (Å²) in [5, 5.41) is 14.7. The zero-order valence-electron chi connectivity index (χ0n) is 11.9. The van der Waals surface area contributed by atoms with Crippen LogP contribution in [0, 0.1) is 5.41 Å². The summed E-state index contributed by atoms with van der Waals surface area (Å²) in [5.74, 6) is -0.960. The molecule has 2 rings (SSSR count). The van der Waals surface area contributed by atoms with Crippen LogP contribution in [-0.2, 0) is 19.4 Å². The monoisotopic (exact) mass is 318 g/mol. The lowest BCUT2D eigenvalue weighted by Crippen LogP contribution is -2.49. The number of aliphatic carboxylic acids is 1. The molecule has 2 fully saturated rings. The van der Waals surface area contributed by atoms with Gasteiger partial charge in [-0.1, -0.05) is 6.42 Å². The first-order valence-electron chi connectivity index (χ1n) is 7.23. The van der Waals surface area contributed by atoms with Gasteiger partial charge in [0.1, 0.15) is 0 Å². The number of carbonyl (C=O) groups is 2. The summed E-state index contributed by atoms with van der Waals surface area (Å²) in [5.41, 5.74) is -0.312. The van der Waals surface area contributed by atoms with E-state index in [1.54, 1.807) is 0 Å². The average molecular weight is 318 g/mol. The third-order valence-corrected chi connectivity index (χ3v) is 6.07. The molecule has 0 aromatic carbocycles. The molecule has 0 bridgehead atoms. The lowest BCUT2D eigenvalue weighted by molar-refractivity contribution is -0.141. The Bertz CT molecular complexity index is 513. The second-order valence-corrected chi connectivity index (χ2v) is 8.40. The highest BCUT2D eigenvalue weighted by molar-refractivity contribution is 7.91. The van der Waals surface area contributed by atoms with Gasteiger partial charge in [0.2, 0.25) is 5.91 Å². The zero-order chi connectivity index (χ0) is 15.5. The summed E-state index contributed by atoms with van der Waals surface area (Å²) in [6.45, 7) is 0.737. The van der Waals surface area contributed by atoms with Gasteiger partial charge in [-0.25, -0.2) is 8.42 Å². The molecule has 1 unspecified atom stereocenters. The molecule has 7 nitrogen and oxygen atoms in total. The number of carboxylic acids is 1. The topological polar surface area (TPSA) is 113 Å². The van der Waals surface area contributed by atoms with Crippen LogP contribution in [0.15, 0.2) is 0 Å². The fourth-order valence-corrected chi connectivity index (χ4v) is 4.44. The van der Waals surface area contributed by atoms with E-state index in [0.717, 1.165) is 19.3 Å². The van der Waals surface area contributed by atoms with Crippen molar-refractivity contribution in [1.29, 1.82) is 0 Å². The maximum atomic E-state index is 11.9. The number of rotatable bonds is 6. The Kier molecular flexibility index (Phi) is 4.88. The molecular weight excluding hydrogens is 296 g/mol. The molecule has 1 saturated carbocycles. The first-order valence-corrected chi connectivity index (χ1v) is 9.05. The second-order valence-electron chi connectivity index (χ2n) is 6.17. The van der Waals surface area contributed by atoms with Gasteiger partial charge in [-0.05, 0) is 18.3 Å². The van der Waals surface area contributed by atoms with Crippen LogP contribution in [0.25, 0.3) is 0 Å². The molecule has 0 aromatic rings. The Labute approximate surface area is 124 Å². The number of carboxylic acid groups (broad SMARTS) is 1. The molecule has 1 aliphatic heterocycles. The molecule has 1 amide bonds. The highest BCUT2D eigenvalue weighted by Crippen LogP contribution is 2.43. The molecule has 3 N–H and O–H groups in total. The lowest BCUT2D eigenvalue weighted by atomic mass is 9.66. The first kappa shape index (κ1) is 16.2. The Morgan fingerprint density at radius 3 is 2.57 bits per heavy atom. The lowest BCUT2D eigenvalue weighted by Gasteiger charge is -2.41. The number of hydrogen-bond acceptors (Lipinski definition) is 5. The smallest absolute Gasteiger partial charge is 0.303 e.